The number of aliphatic imine (C=N–C) groups is 1. The number of hydrogen-bond acceptors (Lipinski definition) is 4. The van der Waals surface area contributed by atoms with Crippen molar-refractivity contribution < 1.29 is 22.8 Å². The van der Waals surface area contributed by atoms with E-state index in [1.54, 1.807) is 24.1 Å². The fraction of sp³-hybridized carbons (Fsp3) is 0.296. The molecule has 1 N–H and O–H groups in total. The summed E-state index contributed by atoms with van der Waals surface area (Å²) in [5.74, 6) is -2.33. The number of nitrogens with one attached hydrogen (secondary N) is 1. The topological polar surface area (TPSA) is 65.0 Å². The smallest absolute Gasteiger partial charge is 0.347 e. The second-order valence-electron chi connectivity index (χ2n) is 8.37. The predicted octanol–water partition coefficient (Wildman–Crippen LogP) is 3.78. The van der Waals surface area contributed by atoms with Gasteiger partial charge in [0.25, 0.3) is 5.91 Å². The zero-order valence-corrected chi connectivity index (χ0v) is 20.0. The third kappa shape index (κ3) is 6.91. The minimum Gasteiger partial charge on any atom is -0.347 e. The van der Waals surface area contributed by atoms with Gasteiger partial charge in [0.2, 0.25) is 0 Å². The minimum absolute atomic E-state index is 0.127. The second-order valence-corrected chi connectivity index (χ2v) is 8.37. The number of rotatable bonds is 8. The van der Waals surface area contributed by atoms with Crippen molar-refractivity contribution in [2.75, 3.05) is 33.2 Å². The highest BCUT2D eigenvalue weighted by atomic mass is 19.4. The molecule has 1 atom stereocenters. The maximum absolute atomic E-state index is 13.0. The molecule has 1 aliphatic heterocycles. The van der Waals surface area contributed by atoms with Gasteiger partial charge in [-0.15, -0.1) is 0 Å². The Hall–Kier alpha value is -3.72. The largest absolute Gasteiger partial charge is 0.471 e. The van der Waals surface area contributed by atoms with Crippen LogP contribution in [0.3, 0.4) is 0 Å². The zero-order chi connectivity index (χ0) is 26.1. The molecule has 2 aromatic carbocycles. The molecule has 190 valence electrons. The molecule has 0 bridgehead atoms. The van der Waals surface area contributed by atoms with Crippen LogP contribution in [-0.2, 0) is 9.59 Å². The average molecular weight is 499 g/mol. The van der Waals surface area contributed by atoms with E-state index in [2.05, 4.69) is 11.6 Å². The molecule has 0 spiro atoms. The Balaban J connectivity index is 1.91. The molecule has 0 aromatic heterocycles. The number of carbonyl (C=O) groups excluding carboxylic acids is 2. The first kappa shape index (κ1) is 26.9. The molecule has 6 nitrogen and oxygen atoms in total. The second kappa shape index (κ2) is 12.3. The van der Waals surface area contributed by atoms with Crippen LogP contribution in [0.1, 0.15) is 17.2 Å². The summed E-state index contributed by atoms with van der Waals surface area (Å²) in [7, 11) is 1.60. The maximum Gasteiger partial charge on any atom is 0.471 e. The molecule has 1 fully saturated rings. The Kier molecular flexibility index (Phi) is 9.19. The number of halogens is 3. The lowest BCUT2D eigenvalue weighted by atomic mass is 9.94. The highest BCUT2D eigenvalue weighted by molar-refractivity contribution is 5.96. The molecular formula is C27H29F3N4O2. The molecule has 9 heteroatoms. The van der Waals surface area contributed by atoms with Crippen LogP contribution in [-0.4, -0.2) is 73.3 Å². The van der Waals surface area contributed by atoms with Crippen molar-refractivity contribution in [3.63, 3.8) is 0 Å². The lowest BCUT2D eigenvalue weighted by Gasteiger charge is -2.45. The highest BCUT2D eigenvalue weighted by Crippen LogP contribution is 2.32. The lowest BCUT2D eigenvalue weighted by molar-refractivity contribution is -0.174. The van der Waals surface area contributed by atoms with Crippen LogP contribution in [0.5, 0.6) is 0 Å². The minimum atomic E-state index is -4.99. The Labute approximate surface area is 208 Å². The number of allylic oxidation sites excluding steroid dienone is 1. The van der Waals surface area contributed by atoms with Crippen LogP contribution < -0.4 is 5.32 Å². The van der Waals surface area contributed by atoms with Gasteiger partial charge in [0, 0.05) is 51.1 Å². The summed E-state index contributed by atoms with van der Waals surface area (Å²) in [5.41, 5.74) is 2.16. The summed E-state index contributed by atoms with van der Waals surface area (Å²) in [6, 6.07) is 18.4. The monoisotopic (exact) mass is 498 g/mol. The summed E-state index contributed by atoms with van der Waals surface area (Å²) in [4.78, 5) is 32.1. The molecule has 1 heterocycles. The van der Waals surface area contributed by atoms with Crippen molar-refractivity contribution in [3.05, 3.63) is 96.1 Å². The van der Waals surface area contributed by atoms with E-state index in [4.69, 9.17) is 0 Å². The van der Waals surface area contributed by atoms with Gasteiger partial charge in [-0.05, 0) is 23.3 Å². The van der Waals surface area contributed by atoms with Gasteiger partial charge in [-0.1, -0.05) is 67.2 Å². The third-order valence-corrected chi connectivity index (χ3v) is 5.94. The number of piperazine rings is 1. The van der Waals surface area contributed by atoms with Crippen molar-refractivity contribution in [3.8, 4) is 0 Å². The summed E-state index contributed by atoms with van der Waals surface area (Å²) >= 11 is 0. The first-order valence-electron chi connectivity index (χ1n) is 11.5. The molecule has 0 aliphatic carbocycles. The maximum atomic E-state index is 13.0. The molecular weight excluding hydrogens is 469 g/mol. The normalized spacial score (nSPS) is 17.1. The first-order chi connectivity index (χ1) is 17.2. The summed E-state index contributed by atoms with van der Waals surface area (Å²) < 4.78 is 38.8. The third-order valence-electron chi connectivity index (χ3n) is 5.94. The number of benzene rings is 2. The molecule has 2 amide bonds. The van der Waals surface area contributed by atoms with Crippen LogP contribution in [0.15, 0.2) is 90.0 Å². The standard InChI is InChI=1S/C27H29F3N4O2/c1-20(10-9-15-31-2)25(35)33-16-17-34(23(19-33)18-32-26(36)27(28,29)30)24(21-11-5-3-6-12-21)22-13-7-4-8-14-22/h3-15,23-24H,1,16-19H2,2H3,(H,32,36)/b10-9-,31-15-. The SMILES string of the molecule is C=C(/C=C\C=N/C)C(=O)N1CCN(C(c2ccccc2)c2ccccc2)C(CNC(=O)C(F)(F)F)C1. The van der Waals surface area contributed by atoms with Crippen molar-refractivity contribution >= 4 is 18.0 Å². The van der Waals surface area contributed by atoms with E-state index in [1.807, 2.05) is 70.9 Å². The quantitative estimate of drug-likeness (QED) is 0.342. The van der Waals surface area contributed by atoms with E-state index in [-0.39, 0.29) is 30.6 Å². The number of amides is 2. The van der Waals surface area contributed by atoms with Crippen molar-refractivity contribution in [1.82, 2.24) is 15.1 Å². The lowest BCUT2D eigenvalue weighted by Crippen LogP contribution is -2.59. The van der Waals surface area contributed by atoms with Crippen molar-refractivity contribution in [2.45, 2.75) is 18.3 Å². The van der Waals surface area contributed by atoms with Crippen molar-refractivity contribution in [2.24, 2.45) is 4.99 Å². The van der Waals surface area contributed by atoms with E-state index in [0.717, 1.165) is 11.1 Å². The molecule has 1 saturated heterocycles. The molecule has 0 radical (unpaired) electrons. The Morgan fingerprint density at radius 2 is 1.67 bits per heavy atom. The molecule has 2 aromatic rings. The van der Waals surface area contributed by atoms with Gasteiger partial charge in [-0.3, -0.25) is 19.5 Å². The highest BCUT2D eigenvalue weighted by Gasteiger charge is 2.40. The molecule has 36 heavy (non-hydrogen) atoms. The van der Waals surface area contributed by atoms with Gasteiger partial charge in [0.05, 0.1) is 6.04 Å². The fourth-order valence-electron chi connectivity index (χ4n) is 4.25. The van der Waals surface area contributed by atoms with E-state index in [1.165, 1.54) is 6.21 Å². The first-order valence-corrected chi connectivity index (χ1v) is 11.5. The van der Waals surface area contributed by atoms with Crippen LogP contribution in [0.2, 0.25) is 0 Å². The Morgan fingerprint density at radius 3 is 2.19 bits per heavy atom. The average Bonchev–Trinajstić information content (AvgIpc) is 2.88. The van der Waals surface area contributed by atoms with Gasteiger partial charge >= 0.3 is 12.1 Å². The van der Waals surface area contributed by atoms with Gasteiger partial charge in [-0.25, -0.2) is 0 Å². The van der Waals surface area contributed by atoms with E-state index < -0.39 is 18.1 Å². The zero-order valence-electron chi connectivity index (χ0n) is 20.0. The predicted molar refractivity (Wildman–Crippen MR) is 134 cm³/mol. The van der Waals surface area contributed by atoms with Gasteiger partial charge < -0.3 is 10.2 Å². The van der Waals surface area contributed by atoms with Crippen LogP contribution in [0.4, 0.5) is 13.2 Å². The summed E-state index contributed by atoms with van der Waals surface area (Å²) in [6.45, 7) is 4.41. The number of nitrogens with zero attached hydrogens (tertiary/aromatic N) is 3. The fourth-order valence-corrected chi connectivity index (χ4v) is 4.25. The number of carbonyl (C=O) groups is 2. The van der Waals surface area contributed by atoms with Crippen LogP contribution in [0.25, 0.3) is 0 Å². The van der Waals surface area contributed by atoms with E-state index in [0.29, 0.717) is 13.1 Å². The summed E-state index contributed by atoms with van der Waals surface area (Å²) in [6.07, 6.45) is -0.333. The van der Waals surface area contributed by atoms with Gasteiger partial charge in [0.1, 0.15) is 0 Å². The Bertz CT molecular complexity index is 1060. The van der Waals surface area contributed by atoms with Gasteiger partial charge in [0.15, 0.2) is 0 Å². The number of alkyl halides is 3. The molecule has 3 rings (SSSR count). The Morgan fingerprint density at radius 1 is 1.08 bits per heavy atom. The van der Waals surface area contributed by atoms with E-state index in [9.17, 15) is 22.8 Å². The molecule has 1 unspecified atom stereocenters. The van der Waals surface area contributed by atoms with Gasteiger partial charge in [-0.2, -0.15) is 13.2 Å². The van der Waals surface area contributed by atoms with Crippen LogP contribution in [0, 0.1) is 0 Å². The van der Waals surface area contributed by atoms with Crippen LogP contribution >= 0.6 is 0 Å². The van der Waals surface area contributed by atoms with E-state index >= 15 is 0 Å². The molecule has 1 aliphatic rings. The van der Waals surface area contributed by atoms with Crippen molar-refractivity contribution in [1.29, 1.82) is 0 Å². The summed E-state index contributed by atoms with van der Waals surface area (Å²) in [5, 5.41) is 2.01. The number of hydrogen-bond donors (Lipinski definition) is 1. The molecule has 0 saturated carbocycles.